The van der Waals surface area contributed by atoms with Crippen LogP contribution in [0.4, 0.5) is 11.4 Å². The zero-order valence-corrected chi connectivity index (χ0v) is 19.1. The maximum Gasteiger partial charge on any atom is 0.257 e. The summed E-state index contributed by atoms with van der Waals surface area (Å²) >= 11 is 16.0. The number of anilines is 2. The summed E-state index contributed by atoms with van der Waals surface area (Å²) in [5.74, 6) is -0.0920. The van der Waals surface area contributed by atoms with E-state index in [1.54, 1.807) is 24.3 Å². The number of nitrogens with zero attached hydrogens (tertiary/aromatic N) is 2. The summed E-state index contributed by atoms with van der Waals surface area (Å²) in [6, 6.07) is 10.6. The molecule has 0 unspecified atom stereocenters. The monoisotopic (exact) mass is 497 g/mol. The lowest BCUT2D eigenvalue weighted by atomic mass is 10.2. The van der Waals surface area contributed by atoms with Crippen molar-refractivity contribution in [1.29, 1.82) is 0 Å². The van der Waals surface area contributed by atoms with Crippen LogP contribution in [-0.4, -0.2) is 42.9 Å². The molecule has 5 nitrogen and oxygen atoms in total. The summed E-state index contributed by atoms with van der Waals surface area (Å²) in [6.07, 6.45) is 1.46. The molecule has 1 heterocycles. The van der Waals surface area contributed by atoms with Crippen LogP contribution in [-0.2, 0) is 4.79 Å². The number of hydrogen-bond donors (Lipinski definition) is 1. The molecule has 29 heavy (non-hydrogen) atoms. The van der Waals surface area contributed by atoms with Crippen LogP contribution in [0.25, 0.3) is 0 Å². The second kappa shape index (κ2) is 9.83. The van der Waals surface area contributed by atoms with Crippen LogP contribution >= 0.6 is 39.1 Å². The van der Waals surface area contributed by atoms with Gasteiger partial charge in [-0.1, -0.05) is 46.1 Å². The summed E-state index contributed by atoms with van der Waals surface area (Å²) in [5.41, 5.74) is 1.87. The molecule has 1 N–H and O–H groups in total. The Kier molecular flexibility index (Phi) is 7.44. The van der Waals surface area contributed by atoms with E-state index in [2.05, 4.69) is 26.1 Å². The number of benzene rings is 2. The predicted octanol–water partition coefficient (Wildman–Crippen LogP) is 5.46. The molecule has 1 fully saturated rings. The summed E-state index contributed by atoms with van der Waals surface area (Å²) in [4.78, 5) is 28.6. The van der Waals surface area contributed by atoms with Crippen molar-refractivity contribution in [2.75, 3.05) is 36.4 Å². The van der Waals surface area contributed by atoms with E-state index < -0.39 is 0 Å². The normalized spacial score (nSPS) is 14.1. The summed E-state index contributed by atoms with van der Waals surface area (Å²) in [7, 11) is 0. The second-order valence-corrected chi connectivity index (χ2v) is 8.59. The number of carbonyl (C=O) groups is 2. The Morgan fingerprint density at radius 3 is 2.41 bits per heavy atom. The summed E-state index contributed by atoms with van der Waals surface area (Å²) in [5, 5.41) is 3.76. The third-order valence-electron chi connectivity index (χ3n) is 4.82. The van der Waals surface area contributed by atoms with Crippen LogP contribution in [0.5, 0.6) is 0 Å². The van der Waals surface area contributed by atoms with Gasteiger partial charge in [0.15, 0.2) is 0 Å². The Morgan fingerprint density at radius 1 is 1.03 bits per heavy atom. The van der Waals surface area contributed by atoms with Crippen LogP contribution in [0.15, 0.2) is 40.9 Å². The van der Waals surface area contributed by atoms with Gasteiger partial charge in [-0.25, -0.2) is 0 Å². The van der Waals surface area contributed by atoms with Gasteiger partial charge in [0.25, 0.3) is 5.91 Å². The minimum atomic E-state index is -0.303. The average molecular weight is 499 g/mol. The number of hydrogen-bond acceptors (Lipinski definition) is 3. The number of rotatable bonds is 5. The number of carbonyl (C=O) groups excluding carboxylic acids is 2. The summed E-state index contributed by atoms with van der Waals surface area (Å²) < 4.78 is 0.775. The topological polar surface area (TPSA) is 52.7 Å². The maximum absolute atomic E-state index is 12.5. The van der Waals surface area contributed by atoms with Crippen molar-refractivity contribution in [2.45, 2.75) is 19.8 Å². The Bertz CT molecular complexity index is 915. The molecule has 0 radical (unpaired) electrons. The average Bonchev–Trinajstić information content (AvgIpc) is 2.70. The first-order chi connectivity index (χ1) is 13.9. The van der Waals surface area contributed by atoms with Gasteiger partial charge in [0.2, 0.25) is 5.91 Å². The fourth-order valence-electron chi connectivity index (χ4n) is 3.28. The molecule has 1 aliphatic heterocycles. The van der Waals surface area contributed by atoms with Gasteiger partial charge < -0.3 is 15.1 Å². The van der Waals surface area contributed by atoms with Gasteiger partial charge in [-0.3, -0.25) is 9.59 Å². The number of piperazine rings is 1. The third kappa shape index (κ3) is 5.44. The Labute approximate surface area is 189 Å². The molecule has 0 aliphatic carbocycles. The first-order valence-corrected chi connectivity index (χ1v) is 11.0. The van der Waals surface area contributed by atoms with Crippen molar-refractivity contribution >= 4 is 62.3 Å². The van der Waals surface area contributed by atoms with Gasteiger partial charge in [0, 0.05) is 42.8 Å². The van der Waals surface area contributed by atoms with Crippen molar-refractivity contribution in [1.82, 2.24) is 4.90 Å². The largest absolute Gasteiger partial charge is 0.367 e. The molecular formula is C21H22BrCl2N3O2. The second-order valence-electron chi connectivity index (χ2n) is 6.86. The van der Waals surface area contributed by atoms with E-state index in [4.69, 9.17) is 23.2 Å². The maximum atomic E-state index is 12.5. The zero-order valence-electron chi connectivity index (χ0n) is 16.1. The third-order valence-corrected chi connectivity index (χ3v) is 5.94. The minimum Gasteiger partial charge on any atom is -0.367 e. The molecule has 2 aromatic carbocycles. The molecule has 2 aromatic rings. The molecule has 2 amide bonds. The van der Waals surface area contributed by atoms with E-state index >= 15 is 0 Å². The van der Waals surface area contributed by atoms with Gasteiger partial charge in [-0.15, -0.1) is 0 Å². The molecule has 154 valence electrons. The van der Waals surface area contributed by atoms with Gasteiger partial charge in [-0.05, 0) is 42.8 Å². The fraction of sp³-hybridized carbons (Fsp3) is 0.333. The van der Waals surface area contributed by atoms with Crippen molar-refractivity contribution in [2.24, 2.45) is 0 Å². The quantitative estimate of drug-likeness (QED) is 0.595. The molecule has 0 aromatic heterocycles. The van der Waals surface area contributed by atoms with E-state index in [-0.39, 0.29) is 11.8 Å². The van der Waals surface area contributed by atoms with Crippen LogP contribution < -0.4 is 10.2 Å². The van der Waals surface area contributed by atoms with E-state index in [0.717, 1.165) is 29.7 Å². The van der Waals surface area contributed by atoms with E-state index in [9.17, 15) is 9.59 Å². The van der Waals surface area contributed by atoms with Crippen LogP contribution in [0.1, 0.15) is 30.1 Å². The van der Waals surface area contributed by atoms with Crippen LogP contribution in [0, 0.1) is 0 Å². The van der Waals surface area contributed by atoms with Crippen LogP contribution in [0.3, 0.4) is 0 Å². The minimum absolute atomic E-state index is 0.211. The van der Waals surface area contributed by atoms with Crippen LogP contribution in [0.2, 0.25) is 10.0 Å². The fourth-order valence-corrected chi connectivity index (χ4v) is 4.14. The summed E-state index contributed by atoms with van der Waals surface area (Å²) in [6.45, 7) is 4.85. The number of amides is 2. The predicted molar refractivity (Wildman–Crippen MR) is 122 cm³/mol. The molecule has 1 aliphatic rings. The highest BCUT2D eigenvalue weighted by Gasteiger charge is 2.22. The number of nitrogens with one attached hydrogen (secondary N) is 1. The van der Waals surface area contributed by atoms with Crippen molar-refractivity contribution in [3.05, 3.63) is 56.5 Å². The Balaban J connectivity index is 1.66. The van der Waals surface area contributed by atoms with E-state index in [1.165, 1.54) is 0 Å². The smallest absolute Gasteiger partial charge is 0.257 e. The molecular weight excluding hydrogens is 477 g/mol. The van der Waals surface area contributed by atoms with Gasteiger partial charge in [0.05, 0.1) is 21.3 Å². The Hall–Kier alpha value is -1.76. The highest BCUT2D eigenvalue weighted by atomic mass is 79.9. The van der Waals surface area contributed by atoms with Crippen molar-refractivity contribution in [3.8, 4) is 0 Å². The molecule has 3 rings (SSSR count). The van der Waals surface area contributed by atoms with E-state index in [1.807, 2.05) is 24.0 Å². The van der Waals surface area contributed by atoms with Gasteiger partial charge in [0.1, 0.15) is 0 Å². The van der Waals surface area contributed by atoms with Gasteiger partial charge >= 0.3 is 0 Å². The standard InChI is InChI=1S/C21H22BrCl2N3O2/c1-2-3-20(28)27-10-8-26(9-11-27)19-7-5-15(13-18(19)24)25-21(29)16-12-14(22)4-6-17(16)23/h4-7,12-13H,2-3,8-11H2,1H3,(H,25,29). The first-order valence-electron chi connectivity index (χ1n) is 9.47. The highest BCUT2D eigenvalue weighted by Crippen LogP contribution is 2.30. The van der Waals surface area contributed by atoms with E-state index in [0.29, 0.717) is 40.8 Å². The lowest BCUT2D eigenvalue weighted by molar-refractivity contribution is -0.131. The van der Waals surface area contributed by atoms with Gasteiger partial charge in [-0.2, -0.15) is 0 Å². The molecule has 0 spiro atoms. The first kappa shape index (κ1) is 21.9. The molecule has 1 saturated heterocycles. The molecule has 8 heteroatoms. The molecule has 0 atom stereocenters. The SMILES string of the molecule is CCCC(=O)N1CCN(c2ccc(NC(=O)c3cc(Br)ccc3Cl)cc2Cl)CC1. The number of halogens is 3. The van der Waals surface area contributed by atoms with Crippen molar-refractivity contribution < 1.29 is 9.59 Å². The lowest BCUT2D eigenvalue weighted by Crippen LogP contribution is -2.48. The lowest BCUT2D eigenvalue weighted by Gasteiger charge is -2.36. The van der Waals surface area contributed by atoms with Crippen molar-refractivity contribution in [3.63, 3.8) is 0 Å². The molecule has 0 bridgehead atoms. The highest BCUT2D eigenvalue weighted by molar-refractivity contribution is 9.10. The Morgan fingerprint density at radius 2 is 1.76 bits per heavy atom. The molecule has 0 saturated carbocycles. The zero-order chi connectivity index (χ0) is 21.0.